The molecule has 0 saturated heterocycles. The molecule has 14 heteroatoms. The highest BCUT2D eigenvalue weighted by molar-refractivity contribution is 6.11. The van der Waals surface area contributed by atoms with Crippen molar-refractivity contribution in [2.24, 2.45) is 0 Å². The molecule has 1 aliphatic rings. The lowest BCUT2D eigenvalue weighted by Crippen LogP contribution is -2.41. The third-order valence-corrected chi connectivity index (χ3v) is 6.73. The number of rotatable bonds is 11. The van der Waals surface area contributed by atoms with Gasteiger partial charge in [0.15, 0.2) is 5.75 Å². The number of carbonyl (C=O) groups is 4. The summed E-state index contributed by atoms with van der Waals surface area (Å²) in [5.41, 5.74) is 0.705. The van der Waals surface area contributed by atoms with Gasteiger partial charge >= 0.3 is 12.1 Å². The number of amides is 3. The highest BCUT2D eigenvalue weighted by atomic mass is 19.4. The molecule has 0 spiro atoms. The van der Waals surface area contributed by atoms with E-state index in [0.29, 0.717) is 11.3 Å². The summed E-state index contributed by atoms with van der Waals surface area (Å²) < 4.78 is 54.6. The number of hydrogen-bond donors (Lipinski definition) is 3. The minimum atomic E-state index is -4.47. The molecule has 0 unspecified atom stereocenters. The quantitative estimate of drug-likeness (QED) is 0.260. The van der Waals surface area contributed by atoms with Crippen LogP contribution in [0.15, 0.2) is 60.7 Å². The molecule has 0 saturated carbocycles. The number of alkyl halides is 3. The summed E-state index contributed by atoms with van der Waals surface area (Å²) in [5.74, 6) is -1.88. The lowest BCUT2D eigenvalue weighted by Gasteiger charge is -2.18. The van der Waals surface area contributed by atoms with Crippen LogP contribution in [0.4, 0.5) is 30.2 Å². The van der Waals surface area contributed by atoms with E-state index in [1.807, 2.05) is 25.1 Å². The molecule has 1 aliphatic heterocycles. The van der Waals surface area contributed by atoms with Crippen molar-refractivity contribution in [3.05, 3.63) is 77.4 Å². The van der Waals surface area contributed by atoms with Gasteiger partial charge < -0.3 is 35.1 Å². The molecule has 3 N–H and O–H groups in total. The van der Waals surface area contributed by atoms with E-state index >= 15 is 0 Å². The van der Waals surface area contributed by atoms with Gasteiger partial charge in [0.25, 0.3) is 5.91 Å². The molecule has 1 heterocycles. The summed E-state index contributed by atoms with van der Waals surface area (Å²) in [6.07, 6.45) is -4.57. The summed E-state index contributed by atoms with van der Waals surface area (Å²) in [5, 5.41) is 7.91. The number of hydrogen-bond acceptors (Lipinski definition) is 8. The maximum absolute atomic E-state index is 13.2. The minimum absolute atomic E-state index is 0.00121. The maximum Gasteiger partial charge on any atom is 0.416 e. The predicted octanol–water partition coefficient (Wildman–Crippen LogP) is 4.72. The number of ether oxygens (including phenoxy) is 3. The van der Waals surface area contributed by atoms with Crippen LogP contribution >= 0.6 is 0 Å². The fraction of sp³-hybridized carbons (Fsp3) is 0.290. The second kappa shape index (κ2) is 14.1. The number of nitrogens with zero attached hydrogens (tertiary/aromatic N) is 1. The second-order valence-corrected chi connectivity index (χ2v) is 10.3. The van der Waals surface area contributed by atoms with Gasteiger partial charge in [0.2, 0.25) is 11.8 Å². The van der Waals surface area contributed by atoms with Crippen molar-refractivity contribution in [2.75, 3.05) is 43.3 Å². The predicted molar refractivity (Wildman–Crippen MR) is 158 cm³/mol. The first-order chi connectivity index (χ1) is 21.3. The van der Waals surface area contributed by atoms with Gasteiger partial charge in [-0.1, -0.05) is 18.2 Å². The largest absolute Gasteiger partial charge is 0.469 e. The SMILES string of the molecule is COC(=O)CC[C@@H]1NC(=O)c2cc(Oc3cccc(N(C)C)c3)c(NC(=O)COCc3ccc(C(F)(F)F)cc3)cc2NC1=O. The number of halogens is 3. The smallest absolute Gasteiger partial charge is 0.416 e. The molecule has 0 aliphatic carbocycles. The fourth-order valence-electron chi connectivity index (χ4n) is 4.33. The zero-order valence-corrected chi connectivity index (χ0v) is 24.6. The van der Waals surface area contributed by atoms with Crippen LogP contribution < -0.4 is 25.6 Å². The zero-order valence-electron chi connectivity index (χ0n) is 24.6. The normalized spacial score (nSPS) is 14.4. The van der Waals surface area contributed by atoms with Gasteiger partial charge in [0, 0.05) is 32.3 Å². The number of carbonyl (C=O) groups excluding carboxylic acids is 4. The van der Waals surface area contributed by atoms with Crippen LogP contribution in [-0.4, -0.2) is 57.5 Å². The Hall–Kier alpha value is -5.11. The van der Waals surface area contributed by atoms with Crippen LogP contribution in [0.3, 0.4) is 0 Å². The zero-order chi connectivity index (χ0) is 32.7. The summed E-state index contributed by atoms with van der Waals surface area (Å²) in [4.78, 5) is 52.4. The molecule has 238 valence electrons. The molecule has 0 aromatic heterocycles. The van der Waals surface area contributed by atoms with Crippen LogP contribution in [0.5, 0.6) is 11.5 Å². The monoisotopic (exact) mass is 628 g/mol. The summed E-state index contributed by atoms with van der Waals surface area (Å²) in [7, 11) is 4.91. The van der Waals surface area contributed by atoms with Crippen LogP contribution in [0, 0.1) is 0 Å². The van der Waals surface area contributed by atoms with E-state index in [0.717, 1.165) is 17.8 Å². The van der Waals surface area contributed by atoms with Crippen molar-refractivity contribution in [3.8, 4) is 11.5 Å². The van der Waals surface area contributed by atoms with E-state index in [4.69, 9.17) is 9.47 Å². The first-order valence-electron chi connectivity index (χ1n) is 13.7. The van der Waals surface area contributed by atoms with Crippen molar-refractivity contribution >= 4 is 40.8 Å². The van der Waals surface area contributed by atoms with Gasteiger partial charge in [-0.25, -0.2) is 0 Å². The number of anilines is 3. The van der Waals surface area contributed by atoms with Crippen LogP contribution in [-0.2, 0) is 36.6 Å². The molecule has 11 nitrogen and oxygen atoms in total. The molecule has 45 heavy (non-hydrogen) atoms. The first-order valence-corrected chi connectivity index (χ1v) is 13.7. The topological polar surface area (TPSA) is 135 Å². The third-order valence-electron chi connectivity index (χ3n) is 6.73. The Labute approximate surface area is 256 Å². The molecule has 4 rings (SSSR count). The number of esters is 1. The van der Waals surface area contributed by atoms with Crippen molar-refractivity contribution < 1.29 is 46.6 Å². The summed E-state index contributed by atoms with van der Waals surface area (Å²) in [6, 6.07) is 13.1. The highest BCUT2D eigenvalue weighted by Gasteiger charge is 2.31. The Kier molecular flexibility index (Phi) is 10.3. The Balaban J connectivity index is 1.55. The Morgan fingerprint density at radius 2 is 1.76 bits per heavy atom. The van der Waals surface area contributed by atoms with E-state index in [-0.39, 0.29) is 42.1 Å². The molecule has 3 aromatic rings. The molecule has 3 aromatic carbocycles. The standard InChI is InChI=1S/C31H31F3N4O7/c1-38(2)20-5-4-6-21(13-20)45-26-14-22-24(37-30(42)23(36-29(22)41)11-12-28(40)43-3)15-25(26)35-27(39)17-44-16-18-7-9-19(10-8-18)31(32,33)34/h4-10,13-15,23H,11-12,16-17H2,1-3H3,(H,35,39)(H,36,41)(H,37,42)/t23-/m0/s1. The third kappa shape index (κ3) is 8.72. The molecule has 0 radical (unpaired) electrons. The van der Waals surface area contributed by atoms with Gasteiger partial charge in [-0.05, 0) is 48.4 Å². The summed E-state index contributed by atoms with van der Waals surface area (Å²) >= 11 is 0. The number of nitrogens with one attached hydrogen (secondary N) is 3. The lowest BCUT2D eigenvalue weighted by molar-refractivity contribution is -0.141. The fourth-order valence-corrected chi connectivity index (χ4v) is 4.33. The number of methoxy groups -OCH3 is 1. The Morgan fingerprint density at radius 1 is 1.02 bits per heavy atom. The average Bonchev–Trinajstić information content (AvgIpc) is 3.10. The van der Waals surface area contributed by atoms with Gasteiger partial charge in [-0.3, -0.25) is 19.2 Å². The van der Waals surface area contributed by atoms with E-state index in [9.17, 15) is 32.3 Å². The van der Waals surface area contributed by atoms with E-state index in [1.165, 1.54) is 31.4 Å². The van der Waals surface area contributed by atoms with Crippen LogP contribution in [0.2, 0.25) is 0 Å². The molecular formula is C31H31F3N4O7. The highest BCUT2D eigenvalue weighted by Crippen LogP contribution is 2.37. The average molecular weight is 629 g/mol. The Morgan fingerprint density at radius 3 is 2.42 bits per heavy atom. The number of fused-ring (bicyclic) bond motifs is 1. The van der Waals surface area contributed by atoms with Gasteiger partial charge in [-0.2, -0.15) is 13.2 Å². The first kappa shape index (κ1) is 32.8. The van der Waals surface area contributed by atoms with Crippen LogP contribution in [0.25, 0.3) is 0 Å². The summed E-state index contributed by atoms with van der Waals surface area (Å²) in [6.45, 7) is -0.588. The molecule has 3 amide bonds. The van der Waals surface area contributed by atoms with Crippen LogP contribution in [0.1, 0.15) is 34.3 Å². The van der Waals surface area contributed by atoms with Crippen molar-refractivity contribution in [1.29, 1.82) is 0 Å². The molecular weight excluding hydrogens is 597 g/mol. The van der Waals surface area contributed by atoms with Gasteiger partial charge in [0.1, 0.15) is 18.4 Å². The van der Waals surface area contributed by atoms with Crippen molar-refractivity contribution in [2.45, 2.75) is 31.7 Å². The van der Waals surface area contributed by atoms with Crippen molar-refractivity contribution in [3.63, 3.8) is 0 Å². The van der Waals surface area contributed by atoms with E-state index in [2.05, 4.69) is 20.7 Å². The van der Waals surface area contributed by atoms with Gasteiger partial charge in [-0.15, -0.1) is 0 Å². The molecule has 1 atom stereocenters. The minimum Gasteiger partial charge on any atom is -0.469 e. The van der Waals surface area contributed by atoms with E-state index < -0.39 is 48.1 Å². The number of benzene rings is 3. The second-order valence-electron chi connectivity index (χ2n) is 10.3. The lowest BCUT2D eigenvalue weighted by atomic mass is 10.1. The van der Waals surface area contributed by atoms with Gasteiger partial charge in [0.05, 0.1) is 36.2 Å². The molecule has 0 fully saturated rings. The Bertz CT molecular complexity index is 1580. The van der Waals surface area contributed by atoms with E-state index in [1.54, 1.807) is 18.2 Å². The van der Waals surface area contributed by atoms with Crippen molar-refractivity contribution in [1.82, 2.24) is 5.32 Å². The molecule has 0 bridgehead atoms. The maximum atomic E-state index is 13.2.